The minimum absolute atomic E-state index is 0.503. The number of rotatable bonds is 3. The zero-order valence-electron chi connectivity index (χ0n) is 6.31. The highest BCUT2D eigenvalue weighted by Gasteiger charge is 1.91. The smallest absolute Gasteiger partial charge is 0.0406 e. The molecule has 0 fully saturated rings. The molecule has 1 N–H and O–H groups in total. The van der Waals surface area contributed by atoms with Gasteiger partial charge in [-0.3, -0.25) is 5.73 Å². The molecule has 0 spiro atoms. The van der Waals surface area contributed by atoms with Crippen molar-refractivity contribution in [2.75, 3.05) is 6.54 Å². The molecule has 1 rings (SSSR count). The molecule has 1 aromatic carbocycles. The fourth-order valence-electron chi connectivity index (χ4n) is 0.944. The van der Waals surface area contributed by atoms with Gasteiger partial charge in [0.25, 0.3) is 0 Å². The van der Waals surface area contributed by atoms with Crippen molar-refractivity contribution in [2.24, 2.45) is 0 Å². The summed E-state index contributed by atoms with van der Waals surface area (Å²) in [4.78, 5) is 0. The van der Waals surface area contributed by atoms with Crippen LogP contribution in [0.2, 0.25) is 5.02 Å². The summed E-state index contributed by atoms with van der Waals surface area (Å²) in [5.74, 6) is 0. The second-order valence-corrected chi connectivity index (χ2v) is 2.92. The van der Waals surface area contributed by atoms with Gasteiger partial charge >= 0.3 is 0 Å². The van der Waals surface area contributed by atoms with E-state index in [1.165, 1.54) is 5.56 Å². The van der Waals surface area contributed by atoms with Crippen molar-refractivity contribution >= 4 is 11.6 Å². The lowest BCUT2D eigenvalue weighted by atomic mass is 10.1. The highest BCUT2D eigenvalue weighted by Crippen LogP contribution is 2.10. The average molecular weight is 169 g/mol. The van der Waals surface area contributed by atoms with Crippen molar-refractivity contribution < 1.29 is 0 Å². The minimum Gasteiger partial charge on any atom is -0.258 e. The summed E-state index contributed by atoms with van der Waals surface area (Å²) in [6.07, 6.45) is 1.92. The molecule has 0 saturated heterocycles. The van der Waals surface area contributed by atoms with Crippen molar-refractivity contribution in [2.45, 2.75) is 12.8 Å². The van der Waals surface area contributed by atoms with Crippen LogP contribution in [-0.4, -0.2) is 6.54 Å². The first-order chi connectivity index (χ1) is 5.33. The number of hydrogen-bond donors (Lipinski definition) is 0. The topological polar surface area (TPSA) is 23.8 Å². The van der Waals surface area contributed by atoms with Crippen LogP contribution < -0.4 is 5.73 Å². The first-order valence-corrected chi connectivity index (χ1v) is 4.10. The van der Waals surface area contributed by atoms with Crippen LogP contribution in [0.5, 0.6) is 0 Å². The highest BCUT2D eigenvalue weighted by atomic mass is 35.5. The lowest BCUT2D eigenvalue weighted by Gasteiger charge is -1.97. The molecule has 0 aromatic heterocycles. The Morgan fingerprint density at radius 2 is 1.82 bits per heavy atom. The van der Waals surface area contributed by atoms with Crippen molar-refractivity contribution in [1.29, 1.82) is 0 Å². The van der Waals surface area contributed by atoms with Crippen LogP contribution in [0.25, 0.3) is 0 Å². The quantitative estimate of drug-likeness (QED) is 0.663. The van der Waals surface area contributed by atoms with E-state index in [1.54, 1.807) is 0 Å². The molecule has 1 radical (unpaired) electrons. The summed E-state index contributed by atoms with van der Waals surface area (Å²) in [6.45, 7) is 0.503. The molecular weight excluding hydrogens is 158 g/mol. The minimum atomic E-state index is 0.503. The van der Waals surface area contributed by atoms with E-state index in [0.717, 1.165) is 17.9 Å². The van der Waals surface area contributed by atoms with Crippen LogP contribution in [0.1, 0.15) is 12.0 Å². The molecule has 0 amide bonds. The molecule has 0 aliphatic carbocycles. The van der Waals surface area contributed by atoms with Gasteiger partial charge in [0.05, 0.1) is 0 Å². The Hall–Kier alpha value is -0.530. The van der Waals surface area contributed by atoms with Gasteiger partial charge in [-0.15, -0.1) is 0 Å². The second kappa shape index (κ2) is 4.37. The molecule has 59 valence electrons. The summed E-state index contributed by atoms with van der Waals surface area (Å²) in [5.41, 5.74) is 8.23. The predicted octanol–water partition coefficient (Wildman–Crippen LogP) is 2.56. The second-order valence-electron chi connectivity index (χ2n) is 2.48. The van der Waals surface area contributed by atoms with Crippen LogP contribution in [0.3, 0.4) is 0 Å². The van der Waals surface area contributed by atoms with Gasteiger partial charge in [-0.2, -0.15) is 0 Å². The molecule has 0 heterocycles. The van der Waals surface area contributed by atoms with Gasteiger partial charge in [-0.05, 0) is 30.5 Å². The number of halogens is 1. The molecule has 0 atom stereocenters. The monoisotopic (exact) mass is 168 g/mol. The molecule has 0 aliphatic heterocycles. The van der Waals surface area contributed by atoms with Crippen molar-refractivity contribution in [3.63, 3.8) is 0 Å². The first-order valence-electron chi connectivity index (χ1n) is 3.72. The fraction of sp³-hybridized carbons (Fsp3) is 0.333. The highest BCUT2D eigenvalue weighted by molar-refractivity contribution is 6.30. The molecule has 0 unspecified atom stereocenters. The standard InChI is InChI=1S/C9H11ClN/c10-9-5-3-8(4-6-9)2-1-7-11/h3-6,11H,1-2,7H2. The molecule has 0 aliphatic rings. The lowest BCUT2D eigenvalue weighted by molar-refractivity contribution is 0.817. The van der Waals surface area contributed by atoms with E-state index >= 15 is 0 Å². The largest absolute Gasteiger partial charge is 0.258 e. The van der Waals surface area contributed by atoms with Crippen LogP contribution >= 0.6 is 11.6 Å². The average Bonchev–Trinajstić information content (AvgIpc) is 2.04. The molecule has 0 saturated carbocycles. The van der Waals surface area contributed by atoms with Gasteiger partial charge in [0.15, 0.2) is 0 Å². The van der Waals surface area contributed by atoms with E-state index in [4.69, 9.17) is 17.3 Å². The molecule has 0 bridgehead atoms. The molecule has 1 nitrogen and oxygen atoms in total. The Balaban J connectivity index is 2.52. The number of nitrogens with one attached hydrogen (secondary N) is 1. The van der Waals surface area contributed by atoms with Gasteiger partial charge in [-0.25, -0.2) is 0 Å². The number of benzene rings is 1. The maximum atomic E-state index is 6.97. The van der Waals surface area contributed by atoms with Gasteiger partial charge < -0.3 is 0 Å². The Morgan fingerprint density at radius 1 is 1.18 bits per heavy atom. The van der Waals surface area contributed by atoms with Gasteiger partial charge in [0.2, 0.25) is 0 Å². The Morgan fingerprint density at radius 3 is 2.36 bits per heavy atom. The molecule has 11 heavy (non-hydrogen) atoms. The van der Waals surface area contributed by atoms with E-state index < -0.39 is 0 Å². The number of hydrogen-bond acceptors (Lipinski definition) is 0. The first kappa shape index (κ1) is 8.57. The van der Waals surface area contributed by atoms with E-state index in [9.17, 15) is 0 Å². The Labute approximate surface area is 72.2 Å². The Bertz CT molecular complexity index is 205. The third-order valence-electron chi connectivity index (χ3n) is 1.56. The zero-order chi connectivity index (χ0) is 8.10. The van der Waals surface area contributed by atoms with Gasteiger partial charge in [-0.1, -0.05) is 23.7 Å². The fourth-order valence-corrected chi connectivity index (χ4v) is 1.07. The lowest BCUT2D eigenvalue weighted by Crippen LogP contribution is -1.89. The summed E-state index contributed by atoms with van der Waals surface area (Å²) >= 11 is 5.71. The Kier molecular flexibility index (Phi) is 3.40. The molecule has 2 heteroatoms. The maximum absolute atomic E-state index is 6.97. The van der Waals surface area contributed by atoms with Crippen LogP contribution in [0.15, 0.2) is 24.3 Å². The van der Waals surface area contributed by atoms with Gasteiger partial charge in [0, 0.05) is 11.6 Å². The van der Waals surface area contributed by atoms with Crippen LogP contribution in [0.4, 0.5) is 0 Å². The SMILES string of the molecule is [NH]CCCc1ccc(Cl)cc1. The van der Waals surface area contributed by atoms with Crippen LogP contribution in [-0.2, 0) is 6.42 Å². The molecule has 1 aromatic rings. The number of aryl methyl sites for hydroxylation is 1. The van der Waals surface area contributed by atoms with Crippen molar-refractivity contribution in [3.8, 4) is 0 Å². The summed E-state index contributed by atoms with van der Waals surface area (Å²) in [7, 11) is 0. The van der Waals surface area contributed by atoms with E-state index in [2.05, 4.69) is 0 Å². The summed E-state index contributed by atoms with van der Waals surface area (Å²) in [6, 6.07) is 7.80. The van der Waals surface area contributed by atoms with Gasteiger partial charge in [0.1, 0.15) is 0 Å². The maximum Gasteiger partial charge on any atom is 0.0406 e. The van der Waals surface area contributed by atoms with Crippen molar-refractivity contribution in [1.82, 2.24) is 5.73 Å². The normalized spacial score (nSPS) is 10.0. The van der Waals surface area contributed by atoms with Crippen molar-refractivity contribution in [3.05, 3.63) is 34.9 Å². The predicted molar refractivity (Wildman–Crippen MR) is 47.7 cm³/mol. The van der Waals surface area contributed by atoms with Crippen LogP contribution in [0, 0.1) is 0 Å². The zero-order valence-corrected chi connectivity index (χ0v) is 7.06. The summed E-state index contributed by atoms with van der Waals surface area (Å²) < 4.78 is 0. The van der Waals surface area contributed by atoms with E-state index in [0.29, 0.717) is 6.54 Å². The summed E-state index contributed by atoms with van der Waals surface area (Å²) in [5, 5.41) is 0.777. The van der Waals surface area contributed by atoms with E-state index in [1.807, 2.05) is 24.3 Å². The van der Waals surface area contributed by atoms with E-state index in [-0.39, 0.29) is 0 Å². The third kappa shape index (κ3) is 2.91. The molecular formula is C9H11ClN. The third-order valence-corrected chi connectivity index (χ3v) is 1.81.